The number of carbonyl (C=O) groups is 4. The number of nitrogens with one attached hydrogen (secondary N) is 3. The van der Waals surface area contributed by atoms with Crippen LogP contribution in [0, 0.1) is 0 Å². The molecule has 1 atom stereocenters. The van der Waals surface area contributed by atoms with E-state index in [1.165, 1.54) is 30.5 Å². The number of H-pyrrole nitrogens is 1. The largest absolute Gasteiger partial charge is 0.481 e. The van der Waals surface area contributed by atoms with E-state index in [0.29, 0.717) is 5.69 Å². The molecule has 0 aliphatic carbocycles. The Labute approximate surface area is 190 Å². The van der Waals surface area contributed by atoms with Gasteiger partial charge in [0, 0.05) is 17.7 Å². The van der Waals surface area contributed by atoms with Crippen LogP contribution in [-0.2, 0) is 20.8 Å². The van der Waals surface area contributed by atoms with Crippen LogP contribution in [0.2, 0.25) is 0 Å². The maximum Gasteiger partial charge on any atom is 0.326 e. The third-order valence-corrected chi connectivity index (χ3v) is 4.51. The number of carboxylic acid groups (broad SMARTS) is 2. The zero-order chi connectivity index (χ0) is 24.8. The zero-order valence-corrected chi connectivity index (χ0v) is 17.4. The first-order valence-corrected chi connectivity index (χ1v) is 9.79. The van der Waals surface area contributed by atoms with E-state index in [9.17, 15) is 24.0 Å². The Morgan fingerprint density at radius 3 is 2.44 bits per heavy atom. The minimum Gasteiger partial charge on any atom is -0.481 e. The fraction of sp³-hybridized carbons (Fsp3) is 0.200. The average Bonchev–Trinajstić information content (AvgIpc) is 2.77. The van der Waals surface area contributed by atoms with Crippen molar-refractivity contribution in [1.82, 2.24) is 25.3 Å². The smallest absolute Gasteiger partial charge is 0.326 e. The Morgan fingerprint density at radius 2 is 1.79 bits per heavy atom. The lowest BCUT2D eigenvalue weighted by Crippen LogP contribution is -2.41. The molecule has 0 spiro atoms. The van der Waals surface area contributed by atoms with Crippen LogP contribution in [0.3, 0.4) is 0 Å². The highest BCUT2D eigenvalue weighted by Crippen LogP contribution is 2.12. The molecule has 14 nitrogen and oxygen atoms in total. The summed E-state index contributed by atoms with van der Waals surface area (Å²) < 4.78 is 0. The summed E-state index contributed by atoms with van der Waals surface area (Å²) in [6, 6.07) is 4.25. The van der Waals surface area contributed by atoms with E-state index >= 15 is 0 Å². The molecule has 34 heavy (non-hydrogen) atoms. The Hall–Kier alpha value is -4.88. The van der Waals surface area contributed by atoms with E-state index in [1.807, 2.05) is 0 Å². The lowest BCUT2D eigenvalue weighted by atomic mass is 10.1. The number of aromatic amines is 1. The van der Waals surface area contributed by atoms with Crippen molar-refractivity contribution in [3.8, 4) is 0 Å². The standard InChI is InChI=1S/C20H19N7O7/c21-20-26-16-15(18(32)27-20)24-11(8-22-16)7-13(28)23-10-3-1-9(2-4-10)17(31)25-12(19(33)34)5-6-14(29)30/h1-4,8,12H,5-7H2,(H,23,28)(H,25,31)(H,29,30)(H,33,34)(H3,21,22,26,27,32)/t12-/m0/s1. The molecular formula is C20H19N7O7. The molecule has 0 aliphatic rings. The highest BCUT2D eigenvalue weighted by molar-refractivity contribution is 5.98. The van der Waals surface area contributed by atoms with Crippen LogP contribution in [0.15, 0.2) is 35.3 Å². The third kappa shape index (κ3) is 6.09. The van der Waals surface area contributed by atoms with Gasteiger partial charge in [0.15, 0.2) is 11.2 Å². The summed E-state index contributed by atoms with van der Waals surface area (Å²) in [6.07, 6.45) is 0.420. The van der Waals surface area contributed by atoms with Gasteiger partial charge in [0.25, 0.3) is 11.5 Å². The molecule has 14 heteroatoms. The first-order valence-electron chi connectivity index (χ1n) is 9.79. The van der Waals surface area contributed by atoms with Crippen molar-refractivity contribution in [2.75, 3.05) is 11.1 Å². The Kier molecular flexibility index (Phi) is 7.10. The van der Waals surface area contributed by atoms with Crippen LogP contribution < -0.4 is 21.9 Å². The van der Waals surface area contributed by atoms with Crippen molar-refractivity contribution in [1.29, 1.82) is 0 Å². The number of rotatable bonds is 9. The van der Waals surface area contributed by atoms with Gasteiger partial charge in [0.2, 0.25) is 11.9 Å². The first kappa shape index (κ1) is 23.8. The fourth-order valence-corrected chi connectivity index (χ4v) is 2.90. The van der Waals surface area contributed by atoms with Gasteiger partial charge >= 0.3 is 11.9 Å². The van der Waals surface area contributed by atoms with Crippen molar-refractivity contribution in [3.63, 3.8) is 0 Å². The van der Waals surface area contributed by atoms with Gasteiger partial charge in [-0.3, -0.25) is 24.2 Å². The normalized spacial score (nSPS) is 11.5. The van der Waals surface area contributed by atoms with Gasteiger partial charge in [-0.1, -0.05) is 0 Å². The molecule has 3 aromatic rings. The molecule has 0 unspecified atom stereocenters. The Balaban J connectivity index is 1.61. The van der Waals surface area contributed by atoms with E-state index in [4.69, 9.17) is 15.9 Å². The summed E-state index contributed by atoms with van der Waals surface area (Å²) in [4.78, 5) is 72.6. The second-order valence-corrected chi connectivity index (χ2v) is 7.08. The number of nitrogen functional groups attached to an aromatic ring is 1. The topological polar surface area (TPSA) is 230 Å². The summed E-state index contributed by atoms with van der Waals surface area (Å²) in [5.74, 6) is -3.81. The number of hydrogen-bond acceptors (Lipinski definition) is 9. The minimum absolute atomic E-state index is 0.0485. The number of amides is 2. The molecule has 0 radical (unpaired) electrons. The molecule has 0 saturated heterocycles. The molecule has 0 saturated carbocycles. The minimum atomic E-state index is -1.36. The van der Waals surface area contributed by atoms with Gasteiger partial charge in [-0.15, -0.1) is 0 Å². The number of nitrogens with two attached hydrogens (primary N) is 1. The number of benzene rings is 1. The van der Waals surface area contributed by atoms with Gasteiger partial charge in [-0.2, -0.15) is 4.98 Å². The molecule has 3 rings (SSSR count). The molecule has 7 N–H and O–H groups in total. The molecule has 0 bridgehead atoms. The van der Waals surface area contributed by atoms with E-state index in [0.717, 1.165) is 0 Å². The fourth-order valence-electron chi connectivity index (χ4n) is 2.90. The van der Waals surface area contributed by atoms with Crippen LogP contribution >= 0.6 is 0 Å². The molecule has 2 amide bonds. The predicted octanol–water partition coefficient (Wildman–Crippen LogP) is -0.476. The number of nitrogens with zero attached hydrogens (tertiary/aromatic N) is 3. The predicted molar refractivity (Wildman–Crippen MR) is 117 cm³/mol. The summed E-state index contributed by atoms with van der Waals surface area (Å²) in [6.45, 7) is 0. The van der Waals surface area contributed by atoms with Crippen molar-refractivity contribution in [3.05, 3.63) is 52.1 Å². The van der Waals surface area contributed by atoms with Crippen molar-refractivity contribution < 1.29 is 29.4 Å². The summed E-state index contributed by atoms with van der Waals surface area (Å²) in [7, 11) is 0. The number of carbonyl (C=O) groups excluding carboxylic acids is 2. The van der Waals surface area contributed by atoms with Crippen molar-refractivity contribution >= 4 is 46.6 Å². The summed E-state index contributed by atoms with van der Waals surface area (Å²) in [5, 5.41) is 22.7. The monoisotopic (exact) mass is 469 g/mol. The van der Waals surface area contributed by atoms with Gasteiger partial charge in [-0.25, -0.2) is 14.8 Å². The Bertz CT molecular complexity index is 1320. The van der Waals surface area contributed by atoms with Crippen LogP contribution in [0.1, 0.15) is 28.9 Å². The number of anilines is 2. The second kappa shape index (κ2) is 10.2. The lowest BCUT2D eigenvalue weighted by molar-refractivity contribution is -0.140. The van der Waals surface area contributed by atoms with Crippen molar-refractivity contribution in [2.24, 2.45) is 0 Å². The van der Waals surface area contributed by atoms with Crippen molar-refractivity contribution in [2.45, 2.75) is 25.3 Å². The van der Waals surface area contributed by atoms with Crippen LogP contribution in [0.4, 0.5) is 11.6 Å². The number of hydrogen-bond donors (Lipinski definition) is 6. The maximum absolute atomic E-state index is 12.3. The second-order valence-electron chi connectivity index (χ2n) is 7.08. The average molecular weight is 469 g/mol. The summed E-state index contributed by atoms with van der Waals surface area (Å²) >= 11 is 0. The molecule has 1 aromatic carbocycles. The van der Waals surface area contributed by atoms with Crippen LogP contribution in [0.25, 0.3) is 11.2 Å². The van der Waals surface area contributed by atoms with Gasteiger partial charge in [0.1, 0.15) is 6.04 Å². The van der Waals surface area contributed by atoms with E-state index in [1.54, 1.807) is 0 Å². The van der Waals surface area contributed by atoms with E-state index in [2.05, 4.69) is 30.6 Å². The number of aliphatic carboxylic acids is 2. The SMILES string of the molecule is Nc1nc2ncc(CC(=O)Nc3ccc(C(=O)N[C@@H](CCC(=O)O)C(=O)O)cc3)nc2c(=O)[nH]1. The number of aromatic nitrogens is 4. The van der Waals surface area contributed by atoms with E-state index in [-0.39, 0.29) is 41.2 Å². The molecule has 2 aromatic heterocycles. The molecule has 2 heterocycles. The van der Waals surface area contributed by atoms with Gasteiger partial charge < -0.3 is 26.6 Å². The van der Waals surface area contributed by atoms with Crippen LogP contribution in [0.5, 0.6) is 0 Å². The highest BCUT2D eigenvalue weighted by Gasteiger charge is 2.21. The van der Waals surface area contributed by atoms with Gasteiger partial charge in [-0.05, 0) is 30.7 Å². The molecular weight excluding hydrogens is 450 g/mol. The zero-order valence-electron chi connectivity index (χ0n) is 17.4. The molecule has 176 valence electrons. The number of fused-ring (bicyclic) bond motifs is 1. The molecule has 0 fully saturated rings. The highest BCUT2D eigenvalue weighted by atomic mass is 16.4. The molecule has 0 aliphatic heterocycles. The first-order chi connectivity index (χ1) is 16.1. The lowest BCUT2D eigenvalue weighted by Gasteiger charge is -2.14. The number of carboxylic acids is 2. The quantitative estimate of drug-likeness (QED) is 0.234. The maximum atomic E-state index is 12.3. The Morgan fingerprint density at radius 1 is 1.09 bits per heavy atom. The van der Waals surface area contributed by atoms with Crippen LogP contribution in [-0.4, -0.2) is 59.9 Å². The third-order valence-electron chi connectivity index (χ3n) is 4.51. The van der Waals surface area contributed by atoms with Gasteiger partial charge in [0.05, 0.1) is 18.3 Å². The van der Waals surface area contributed by atoms with E-state index < -0.39 is 41.8 Å². The summed E-state index contributed by atoms with van der Waals surface area (Å²) in [5.41, 5.74) is 5.54.